The van der Waals surface area contributed by atoms with Crippen LogP contribution in [0.1, 0.15) is 22.8 Å². The van der Waals surface area contributed by atoms with E-state index in [9.17, 15) is 13.2 Å². The lowest BCUT2D eigenvalue weighted by molar-refractivity contribution is 0.0789. The van der Waals surface area contributed by atoms with Crippen molar-refractivity contribution in [2.45, 2.75) is 19.6 Å². The molecule has 8 nitrogen and oxygen atoms in total. The molecule has 4 rings (SSSR count). The van der Waals surface area contributed by atoms with Crippen LogP contribution in [0.25, 0.3) is 0 Å². The average molecular weight is 497 g/mol. The molecule has 3 aromatic carbocycles. The smallest absolute Gasteiger partial charge is 0.251 e. The second kappa shape index (κ2) is 10.7. The number of hydrogen-bond acceptors (Lipinski definition) is 6. The molecule has 184 valence electrons. The van der Waals surface area contributed by atoms with Crippen LogP contribution in [-0.4, -0.2) is 46.4 Å². The van der Waals surface area contributed by atoms with Gasteiger partial charge in [0.1, 0.15) is 18.5 Å². The number of amides is 1. The van der Waals surface area contributed by atoms with Crippen LogP contribution in [0, 0.1) is 0 Å². The lowest BCUT2D eigenvalue weighted by atomic mass is 10.1. The molecule has 0 saturated carbocycles. The highest BCUT2D eigenvalue weighted by atomic mass is 32.2. The topological polar surface area (TPSA) is 94.2 Å². The van der Waals surface area contributed by atoms with E-state index in [0.717, 1.165) is 11.8 Å². The van der Waals surface area contributed by atoms with E-state index in [1.165, 1.54) is 4.31 Å². The van der Waals surface area contributed by atoms with Gasteiger partial charge in [0.05, 0.1) is 31.6 Å². The Hall–Kier alpha value is -3.72. The first-order chi connectivity index (χ1) is 16.8. The molecule has 0 aromatic heterocycles. The number of anilines is 1. The Morgan fingerprint density at radius 1 is 1.03 bits per heavy atom. The summed E-state index contributed by atoms with van der Waals surface area (Å²) in [5, 5.41) is 2.86. The van der Waals surface area contributed by atoms with Crippen molar-refractivity contribution in [1.82, 2.24) is 5.32 Å². The van der Waals surface area contributed by atoms with Crippen LogP contribution in [0.2, 0.25) is 0 Å². The number of benzene rings is 3. The first kappa shape index (κ1) is 24.4. The molecule has 3 aromatic rings. The van der Waals surface area contributed by atoms with Gasteiger partial charge in [0, 0.05) is 5.56 Å². The van der Waals surface area contributed by atoms with Crippen LogP contribution < -0.4 is 23.8 Å². The second-order valence-electron chi connectivity index (χ2n) is 8.07. The first-order valence-electron chi connectivity index (χ1n) is 11.3. The van der Waals surface area contributed by atoms with Gasteiger partial charge < -0.3 is 19.5 Å². The summed E-state index contributed by atoms with van der Waals surface area (Å²) in [5.41, 5.74) is 1.67. The highest BCUT2D eigenvalue weighted by Gasteiger charge is 2.23. The van der Waals surface area contributed by atoms with Gasteiger partial charge in [-0.2, -0.15) is 0 Å². The number of ether oxygens (including phenoxy) is 3. The van der Waals surface area contributed by atoms with Crippen molar-refractivity contribution in [3.63, 3.8) is 0 Å². The van der Waals surface area contributed by atoms with Crippen molar-refractivity contribution in [2.24, 2.45) is 0 Å². The summed E-state index contributed by atoms with van der Waals surface area (Å²) in [6, 6.07) is 21.3. The SMILES string of the molecule is CCOc1ccccc1N(Cc1ccc(C(=O)NC[C@@H]2COc3ccccc3O2)cc1)S(C)(=O)=O. The highest BCUT2D eigenvalue weighted by molar-refractivity contribution is 7.92. The van der Waals surface area contributed by atoms with E-state index >= 15 is 0 Å². The first-order valence-corrected chi connectivity index (χ1v) is 13.1. The number of nitrogens with one attached hydrogen (secondary N) is 1. The minimum Gasteiger partial charge on any atom is -0.492 e. The van der Waals surface area contributed by atoms with Crippen molar-refractivity contribution in [2.75, 3.05) is 30.3 Å². The molecular formula is C26H28N2O6S. The van der Waals surface area contributed by atoms with Crippen LogP contribution in [0.4, 0.5) is 5.69 Å². The zero-order valence-electron chi connectivity index (χ0n) is 19.6. The second-order valence-corrected chi connectivity index (χ2v) is 9.98. The number of para-hydroxylation sites is 4. The van der Waals surface area contributed by atoms with Gasteiger partial charge in [-0.3, -0.25) is 9.10 Å². The normalized spacial score (nSPS) is 14.7. The molecule has 1 N–H and O–H groups in total. The maximum Gasteiger partial charge on any atom is 0.251 e. The van der Waals surface area contributed by atoms with Gasteiger partial charge in [0.15, 0.2) is 11.5 Å². The summed E-state index contributed by atoms with van der Waals surface area (Å²) in [4.78, 5) is 12.6. The van der Waals surface area contributed by atoms with Crippen molar-refractivity contribution in [3.05, 3.63) is 83.9 Å². The van der Waals surface area contributed by atoms with E-state index in [1.807, 2.05) is 31.2 Å². The van der Waals surface area contributed by atoms with Gasteiger partial charge in [-0.1, -0.05) is 36.4 Å². The molecule has 0 unspecified atom stereocenters. The fourth-order valence-corrected chi connectivity index (χ4v) is 4.61. The molecule has 0 aliphatic carbocycles. The molecule has 0 bridgehead atoms. The largest absolute Gasteiger partial charge is 0.492 e. The minimum atomic E-state index is -3.58. The predicted molar refractivity (Wildman–Crippen MR) is 134 cm³/mol. The number of nitrogens with zero attached hydrogens (tertiary/aromatic N) is 1. The van der Waals surface area contributed by atoms with E-state index in [-0.39, 0.29) is 18.6 Å². The van der Waals surface area contributed by atoms with Crippen LogP contribution >= 0.6 is 0 Å². The summed E-state index contributed by atoms with van der Waals surface area (Å²) >= 11 is 0. The summed E-state index contributed by atoms with van der Waals surface area (Å²) < 4.78 is 43.6. The van der Waals surface area contributed by atoms with Crippen LogP contribution in [-0.2, 0) is 16.6 Å². The van der Waals surface area contributed by atoms with Gasteiger partial charge in [0.25, 0.3) is 5.91 Å². The lowest BCUT2D eigenvalue weighted by Crippen LogP contribution is -2.40. The Bertz CT molecular complexity index is 1280. The van der Waals surface area contributed by atoms with Gasteiger partial charge in [-0.25, -0.2) is 8.42 Å². The number of carbonyl (C=O) groups excluding carboxylic acids is 1. The monoisotopic (exact) mass is 496 g/mol. The van der Waals surface area contributed by atoms with E-state index in [2.05, 4.69) is 5.32 Å². The van der Waals surface area contributed by atoms with Gasteiger partial charge in [0.2, 0.25) is 10.0 Å². The maximum absolute atomic E-state index is 12.6. The standard InChI is InChI=1S/C26H28N2O6S/c1-3-32-23-9-5-4-8-22(23)28(35(2,30)31)17-19-12-14-20(15-13-19)26(29)27-16-21-18-33-24-10-6-7-11-25(24)34-21/h4-15,21H,3,16-18H2,1-2H3,(H,27,29)/t21-/m1/s1. The molecule has 1 amide bonds. The van der Waals surface area contributed by atoms with Crippen molar-refractivity contribution in [3.8, 4) is 17.2 Å². The Morgan fingerprint density at radius 3 is 2.43 bits per heavy atom. The van der Waals surface area contributed by atoms with Crippen molar-refractivity contribution in [1.29, 1.82) is 0 Å². The zero-order valence-corrected chi connectivity index (χ0v) is 20.5. The van der Waals surface area contributed by atoms with E-state index < -0.39 is 10.0 Å². The lowest BCUT2D eigenvalue weighted by Gasteiger charge is -2.26. The van der Waals surface area contributed by atoms with Crippen molar-refractivity contribution < 1.29 is 27.4 Å². The number of hydrogen-bond donors (Lipinski definition) is 1. The molecule has 35 heavy (non-hydrogen) atoms. The average Bonchev–Trinajstić information content (AvgIpc) is 2.86. The third-order valence-corrected chi connectivity index (χ3v) is 6.56. The van der Waals surface area contributed by atoms with Crippen LogP contribution in [0.3, 0.4) is 0 Å². The summed E-state index contributed by atoms with van der Waals surface area (Å²) in [7, 11) is -3.58. The van der Waals surface area contributed by atoms with Gasteiger partial charge in [-0.05, 0) is 48.9 Å². The summed E-state index contributed by atoms with van der Waals surface area (Å²) in [6.45, 7) is 3.02. The Morgan fingerprint density at radius 2 is 1.71 bits per heavy atom. The minimum absolute atomic E-state index is 0.109. The Balaban J connectivity index is 1.40. The molecular weight excluding hydrogens is 468 g/mol. The number of carbonyl (C=O) groups is 1. The molecule has 1 atom stereocenters. The molecule has 9 heteroatoms. The third-order valence-electron chi connectivity index (χ3n) is 5.43. The number of fused-ring (bicyclic) bond motifs is 1. The summed E-state index contributed by atoms with van der Waals surface area (Å²) in [5.74, 6) is 1.59. The van der Waals surface area contributed by atoms with Crippen LogP contribution in [0.15, 0.2) is 72.8 Å². The molecule has 1 aliphatic rings. The molecule has 0 fully saturated rings. The maximum atomic E-state index is 12.6. The fourth-order valence-electron chi connectivity index (χ4n) is 3.72. The fraction of sp³-hybridized carbons (Fsp3) is 0.269. The highest BCUT2D eigenvalue weighted by Crippen LogP contribution is 2.32. The molecule has 1 heterocycles. The molecule has 0 spiro atoms. The van der Waals surface area contributed by atoms with E-state index in [4.69, 9.17) is 14.2 Å². The van der Waals surface area contributed by atoms with Gasteiger partial charge in [-0.15, -0.1) is 0 Å². The van der Waals surface area contributed by atoms with E-state index in [0.29, 0.717) is 48.3 Å². The van der Waals surface area contributed by atoms with Crippen LogP contribution in [0.5, 0.6) is 17.2 Å². The molecule has 0 saturated heterocycles. The number of rotatable bonds is 9. The van der Waals surface area contributed by atoms with Crippen molar-refractivity contribution >= 4 is 21.6 Å². The predicted octanol–water partition coefficient (Wildman–Crippen LogP) is 3.62. The Labute approximate surface area is 205 Å². The third kappa shape index (κ3) is 6.05. The molecule has 1 aliphatic heterocycles. The quantitative estimate of drug-likeness (QED) is 0.486. The molecule has 0 radical (unpaired) electrons. The zero-order chi connectivity index (χ0) is 24.8. The number of sulfonamides is 1. The summed E-state index contributed by atoms with van der Waals surface area (Å²) in [6.07, 6.45) is 0.870. The van der Waals surface area contributed by atoms with E-state index in [1.54, 1.807) is 48.5 Å². The van der Waals surface area contributed by atoms with Gasteiger partial charge >= 0.3 is 0 Å². The Kier molecular flexibility index (Phi) is 7.45.